The lowest BCUT2D eigenvalue weighted by molar-refractivity contribution is 0.0988. The Balaban J connectivity index is 2.17. The molecular weight excluding hydrogens is 264 g/mol. The zero-order valence-corrected chi connectivity index (χ0v) is 13.2. The van der Waals surface area contributed by atoms with Crippen molar-refractivity contribution in [3.8, 4) is 0 Å². The maximum Gasteiger partial charge on any atom is 0.321 e. The summed E-state index contributed by atoms with van der Waals surface area (Å²) in [5, 5.41) is 13.5. The highest BCUT2D eigenvalue weighted by Crippen LogP contribution is 2.32. The Hall–Kier alpha value is -1.55. The summed E-state index contributed by atoms with van der Waals surface area (Å²) in [4.78, 5) is 13.3. The fraction of sp³-hybridized carbons (Fsp3) is 0.588. The Morgan fingerprint density at radius 1 is 1.38 bits per heavy atom. The monoisotopic (exact) mass is 290 g/mol. The zero-order chi connectivity index (χ0) is 15.4. The molecule has 1 aliphatic heterocycles. The predicted molar refractivity (Wildman–Crippen MR) is 85.2 cm³/mol. The van der Waals surface area contributed by atoms with Gasteiger partial charge in [0.2, 0.25) is 0 Å². The van der Waals surface area contributed by atoms with E-state index in [-0.39, 0.29) is 6.03 Å². The van der Waals surface area contributed by atoms with Gasteiger partial charge < -0.3 is 15.3 Å². The van der Waals surface area contributed by atoms with Crippen LogP contribution in [-0.4, -0.2) is 23.1 Å². The third-order valence-corrected chi connectivity index (χ3v) is 4.37. The molecule has 2 atom stereocenters. The third kappa shape index (κ3) is 3.56. The molecule has 1 aromatic rings. The van der Waals surface area contributed by atoms with Gasteiger partial charge in [-0.25, -0.2) is 4.79 Å². The molecule has 0 saturated carbocycles. The largest absolute Gasteiger partial charge is 0.388 e. The van der Waals surface area contributed by atoms with Crippen LogP contribution in [0.25, 0.3) is 0 Å². The van der Waals surface area contributed by atoms with Crippen molar-refractivity contribution in [3.63, 3.8) is 0 Å². The van der Waals surface area contributed by atoms with Crippen LogP contribution in [0.3, 0.4) is 0 Å². The first-order valence-electron chi connectivity index (χ1n) is 7.89. The minimum atomic E-state index is -0.421. The molecule has 2 rings (SSSR count). The lowest BCUT2D eigenvalue weighted by Crippen LogP contribution is -2.35. The third-order valence-electron chi connectivity index (χ3n) is 4.37. The Morgan fingerprint density at radius 3 is 2.81 bits per heavy atom. The van der Waals surface area contributed by atoms with Gasteiger partial charge >= 0.3 is 6.03 Å². The molecule has 2 unspecified atom stereocenters. The number of hydrogen-bond acceptors (Lipinski definition) is 2. The van der Waals surface area contributed by atoms with E-state index in [1.54, 1.807) is 11.9 Å². The van der Waals surface area contributed by atoms with E-state index >= 15 is 0 Å². The van der Waals surface area contributed by atoms with Crippen molar-refractivity contribution >= 4 is 11.7 Å². The summed E-state index contributed by atoms with van der Waals surface area (Å²) in [6.07, 6.45) is 3.93. The summed E-state index contributed by atoms with van der Waals surface area (Å²) in [6, 6.07) is 5.80. The van der Waals surface area contributed by atoms with Gasteiger partial charge in [0.05, 0.1) is 6.10 Å². The first-order valence-corrected chi connectivity index (χ1v) is 7.89. The number of fused-ring (bicyclic) bond motifs is 1. The van der Waals surface area contributed by atoms with Crippen molar-refractivity contribution in [2.24, 2.45) is 5.92 Å². The molecule has 0 radical (unpaired) electrons. The van der Waals surface area contributed by atoms with Crippen LogP contribution in [0.4, 0.5) is 10.5 Å². The number of aliphatic hydroxyl groups is 1. The van der Waals surface area contributed by atoms with E-state index in [0.29, 0.717) is 12.5 Å². The van der Waals surface area contributed by atoms with E-state index in [9.17, 15) is 9.90 Å². The summed E-state index contributed by atoms with van der Waals surface area (Å²) in [5.74, 6) is 0.305. The Labute approximate surface area is 127 Å². The molecule has 4 nitrogen and oxygen atoms in total. The van der Waals surface area contributed by atoms with E-state index in [4.69, 9.17) is 0 Å². The number of nitrogens with zero attached hydrogens (tertiary/aromatic N) is 1. The molecule has 2 N–H and O–H groups in total. The lowest BCUT2D eigenvalue weighted by Gasteiger charge is -2.28. The summed E-state index contributed by atoms with van der Waals surface area (Å²) in [7, 11) is 1.78. The van der Waals surface area contributed by atoms with Crippen molar-refractivity contribution < 1.29 is 9.90 Å². The molecule has 0 aromatic heterocycles. The van der Waals surface area contributed by atoms with Gasteiger partial charge in [-0.1, -0.05) is 39.2 Å². The van der Waals surface area contributed by atoms with Crippen LogP contribution in [0.15, 0.2) is 18.2 Å². The number of aliphatic hydroxyl groups excluding tert-OH is 1. The minimum absolute atomic E-state index is 0.0785. The fourth-order valence-corrected chi connectivity index (χ4v) is 2.91. The number of urea groups is 1. The van der Waals surface area contributed by atoms with Crippen LogP contribution in [-0.2, 0) is 6.54 Å². The van der Waals surface area contributed by atoms with Crippen molar-refractivity contribution in [3.05, 3.63) is 29.3 Å². The normalized spacial score (nSPS) is 17.1. The highest BCUT2D eigenvalue weighted by Gasteiger charge is 2.23. The Bertz CT molecular complexity index is 502. The number of amides is 2. The SMILES string of the molecule is CCCCC(CC)C(O)c1ccc2c(c1)CN(C)C(=O)N2. The number of anilines is 1. The highest BCUT2D eigenvalue weighted by atomic mass is 16.3. The molecule has 21 heavy (non-hydrogen) atoms. The lowest BCUT2D eigenvalue weighted by atomic mass is 9.88. The number of unbranched alkanes of at least 4 members (excludes halogenated alkanes) is 1. The maximum atomic E-state index is 11.6. The average Bonchev–Trinajstić information content (AvgIpc) is 2.48. The Kier molecular flexibility index (Phi) is 5.23. The highest BCUT2D eigenvalue weighted by molar-refractivity contribution is 5.92. The molecule has 0 fully saturated rings. The van der Waals surface area contributed by atoms with E-state index in [2.05, 4.69) is 19.2 Å². The average molecular weight is 290 g/mol. The molecule has 0 saturated heterocycles. The smallest absolute Gasteiger partial charge is 0.321 e. The second kappa shape index (κ2) is 6.94. The summed E-state index contributed by atoms with van der Waals surface area (Å²) >= 11 is 0. The van der Waals surface area contributed by atoms with E-state index in [0.717, 1.165) is 42.5 Å². The van der Waals surface area contributed by atoms with Gasteiger partial charge in [0.15, 0.2) is 0 Å². The van der Waals surface area contributed by atoms with Crippen LogP contribution in [0, 0.1) is 5.92 Å². The van der Waals surface area contributed by atoms with Crippen LogP contribution < -0.4 is 5.32 Å². The van der Waals surface area contributed by atoms with Gasteiger partial charge in [0.1, 0.15) is 0 Å². The zero-order valence-electron chi connectivity index (χ0n) is 13.2. The first-order chi connectivity index (χ1) is 10.1. The van der Waals surface area contributed by atoms with Gasteiger partial charge in [-0.3, -0.25) is 0 Å². The van der Waals surface area contributed by atoms with Gasteiger partial charge in [-0.2, -0.15) is 0 Å². The first kappa shape index (κ1) is 15.8. The van der Waals surface area contributed by atoms with E-state index in [1.807, 2.05) is 18.2 Å². The van der Waals surface area contributed by atoms with E-state index < -0.39 is 6.10 Å². The summed E-state index contributed by atoms with van der Waals surface area (Å²) in [5.41, 5.74) is 2.89. The molecule has 0 spiro atoms. The van der Waals surface area contributed by atoms with Crippen molar-refractivity contribution in [2.45, 2.75) is 52.2 Å². The second-order valence-corrected chi connectivity index (χ2v) is 5.96. The van der Waals surface area contributed by atoms with Crippen LogP contribution in [0.1, 0.15) is 56.8 Å². The van der Waals surface area contributed by atoms with Crippen LogP contribution in [0.2, 0.25) is 0 Å². The number of nitrogens with one attached hydrogen (secondary N) is 1. The predicted octanol–water partition coefficient (Wildman–Crippen LogP) is 3.91. The molecule has 2 amide bonds. The molecule has 0 bridgehead atoms. The topological polar surface area (TPSA) is 52.6 Å². The number of rotatable bonds is 6. The number of carbonyl (C=O) groups excluding carboxylic acids is 1. The van der Waals surface area contributed by atoms with E-state index in [1.165, 1.54) is 0 Å². The van der Waals surface area contributed by atoms with Crippen LogP contribution in [0.5, 0.6) is 0 Å². The number of benzene rings is 1. The standard InChI is InChI=1S/C17H26N2O2/c1-4-6-7-12(5-2)16(20)13-8-9-15-14(10-13)11-19(3)17(21)18-15/h8-10,12,16,20H,4-7,11H2,1-3H3,(H,18,21). The molecule has 1 aromatic carbocycles. The van der Waals surface area contributed by atoms with Gasteiger partial charge in [-0.05, 0) is 35.6 Å². The maximum absolute atomic E-state index is 11.6. The quantitative estimate of drug-likeness (QED) is 0.834. The summed E-state index contributed by atoms with van der Waals surface area (Å²) in [6.45, 7) is 4.90. The van der Waals surface area contributed by atoms with Crippen molar-refractivity contribution in [2.75, 3.05) is 12.4 Å². The minimum Gasteiger partial charge on any atom is -0.388 e. The van der Waals surface area contributed by atoms with Crippen molar-refractivity contribution in [1.82, 2.24) is 4.90 Å². The molecule has 0 aliphatic carbocycles. The molecule has 116 valence electrons. The Morgan fingerprint density at radius 2 is 2.14 bits per heavy atom. The molecule has 1 heterocycles. The number of hydrogen-bond donors (Lipinski definition) is 2. The summed E-state index contributed by atoms with van der Waals surface area (Å²) < 4.78 is 0. The van der Waals surface area contributed by atoms with Gasteiger partial charge in [0.25, 0.3) is 0 Å². The van der Waals surface area contributed by atoms with Gasteiger partial charge in [0, 0.05) is 19.3 Å². The van der Waals surface area contributed by atoms with Crippen LogP contribution >= 0.6 is 0 Å². The molecular formula is C17H26N2O2. The van der Waals surface area contributed by atoms with Crippen molar-refractivity contribution in [1.29, 1.82) is 0 Å². The fourth-order valence-electron chi connectivity index (χ4n) is 2.91. The number of carbonyl (C=O) groups is 1. The molecule has 1 aliphatic rings. The second-order valence-electron chi connectivity index (χ2n) is 5.96. The van der Waals surface area contributed by atoms with Gasteiger partial charge in [-0.15, -0.1) is 0 Å². The molecule has 4 heteroatoms.